The lowest BCUT2D eigenvalue weighted by Gasteiger charge is -2.43. The average molecular weight is 210 g/mol. The van der Waals surface area contributed by atoms with E-state index in [2.05, 4.69) is 18.7 Å². The van der Waals surface area contributed by atoms with Crippen LogP contribution in [0, 0.1) is 11.8 Å². The molecule has 2 N–H and O–H groups in total. The molecule has 2 nitrogen and oxygen atoms in total. The van der Waals surface area contributed by atoms with E-state index in [-0.39, 0.29) is 0 Å². The number of piperidine rings is 1. The Morgan fingerprint density at radius 2 is 1.93 bits per heavy atom. The molecule has 1 saturated carbocycles. The van der Waals surface area contributed by atoms with Crippen molar-refractivity contribution in [3.8, 4) is 0 Å². The Hall–Kier alpha value is -0.0800. The molecule has 4 unspecified atom stereocenters. The number of hydrogen-bond acceptors (Lipinski definition) is 2. The van der Waals surface area contributed by atoms with Crippen molar-refractivity contribution in [2.75, 3.05) is 13.1 Å². The Balaban J connectivity index is 1.91. The van der Waals surface area contributed by atoms with Gasteiger partial charge in [0, 0.05) is 18.6 Å². The van der Waals surface area contributed by atoms with Crippen molar-refractivity contribution in [1.29, 1.82) is 0 Å². The minimum absolute atomic E-state index is 0.435. The molecule has 1 saturated heterocycles. The highest BCUT2D eigenvalue weighted by molar-refractivity contribution is 4.87. The van der Waals surface area contributed by atoms with E-state index in [9.17, 15) is 0 Å². The molecule has 0 aromatic rings. The molecule has 1 aliphatic carbocycles. The third-order valence-electron chi connectivity index (χ3n) is 4.34. The molecule has 2 heteroatoms. The zero-order valence-electron chi connectivity index (χ0n) is 10.3. The normalized spacial score (nSPS) is 44.2. The highest BCUT2D eigenvalue weighted by Crippen LogP contribution is 2.32. The van der Waals surface area contributed by atoms with Crippen molar-refractivity contribution in [3.05, 3.63) is 0 Å². The second kappa shape index (κ2) is 4.84. The molecule has 0 bridgehead atoms. The van der Waals surface area contributed by atoms with Gasteiger partial charge in [0.2, 0.25) is 0 Å². The first-order valence-corrected chi connectivity index (χ1v) is 6.66. The van der Waals surface area contributed by atoms with Crippen LogP contribution in [0.2, 0.25) is 0 Å². The van der Waals surface area contributed by atoms with Gasteiger partial charge >= 0.3 is 0 Å². The number of nitrogens with two attached hydrogens (primary N) is 1. The van der Waals surface area contributed by atoms with Crippen molar-refractivity contribution in [3.63, 3.8) is 0 Å². The van der Waals surface area contributed by atoms with Gasteiger partial charge in [-0.15, -0.1) is 0 Å². The second-order valence-electron chi connectivity index (χ2n) is 5.86. The number of rotatable bonds is 1. The van der Waals surface area contributed by atoms with Crippen LogP contribution in [0.3, 0.4) is 0 Å². The Bertz CT molecular complexity index is 205. The fourth-order valence-corrected chi connectivity index (χ4v) is 3.53. The van der Waals surface area contributed by atoms with Crippen molar-refractivity contribution in [2.24, 2.45) is 17.6 Å². The third kappa shape index (κ3) is 2.73. The van der Waals surface area contributed by atoms with Crippen LogP contribution in [0.5, 0.6) is 0 Å². The van der Waals surface area contributed by atoms with Crippen LogP contribution in [0.1, 0.15) is 46.0 Å². The van der Waals surface area contributed by atoms with Crippen molar-refractivity contribution in [1.82, 2.24) is 4.90 Å². The van der Waals surface area contributed by atoms with Crippen LogP contribution in [-0.4, -0.2) is 30.1 Å². The van der Waals surface area contributed by atoms with E-state index in [0.29, 0.717) is 6.04 Å². The average Bonchev–Trinajstić information content (AvgIpc) is 2.17. The minimum atomic E-state index is 0.435. The largest absolute Gasteiger partial charge is 0.327 e. The molecular formula is C13H26N2. The van der Waals surface area contributed by atoms with Crippen LogP contribution in [0.4, 0.5) is 0 Å². The van der Waals surface area contributed by atoms with Gasteiger partial charge in [0.25, 0.3) is 0 Å². The summed E-state index contributed by atoms with van der Waals surface area (Å²) in [5, 5.41) is 0. The van der Waals surface area contributed by atoms with Gasteiger partial charge in [0.1, 0.15) is 0 Å². The summed E-state index contributed by atoms with van der Waals surface area (Å²) in [7, 11) is 0. The molecule has 2 aliphatic rings. The summed E-state index contributed by atoms with van der Waals surface area (Å²) in [5.74, 6) is 1.81. The highest BCUT2D eigenvalue weighted by Gasteiger charge is 2.31. The van der Waals surface area contributed by atoms with E-state index in [1.807, 2.05) is 0 Å². The van der Waals surface area contributed by atoms with E-state index in [0.717, 1.165) is 24.4 Å². The van der Waals surface area contributed by atoms with Crippen LogP contribution >= 0.6 is 0 Å². The summed E-state index contributed by atoms with van der Waals surface area (Å²) in [4.78, 5) is 2.67. The van der Waals surface area contributed by atoms with Crippen molar-refractivity contribution < 1.29 is 0 Å². The molecule has 4 atom stereocenters. The number of nitrogens with zero attached hydrogens (tertiary/aromatic N) is 1. The van der Waals surface area contributed by atoms with Crippen LogP contribution in [0.15, 0.2) is 0 Å². The molecule has 0 radical (unpaired) electrons. The maximum Gasteiger partial charge on any atom is 0.0168 e. The molecule has 1 heterocycles. The Morgan fingerprint density at radius 1 is 1.13 bits per heavy atom. The maximum atomic E-state index is 6.06. The van der Waals surface area contributed by atoms with Gasteiger partial charge in [0.15, 0.2) is 0 Å². The van der Waals surface area contributed by atoms with Gasteiger partial charge in [-0.05, 0) is 50.5 Å². The highest BCUT2D eigenvalue weighted by atomic mass is 15.2. The maximum absolute atomic E-state index is 6.06. The summed E-state index contributed by atoms with van der Waals surface area (Å²) in [6, 6.07) is 1.26. The molecule has 0 aromatic carbocycles. The Morgan fingerprint density at radius 3 is 2.60 bits per heavy atom. The number of hydrogen-bond donors (Lipinski definition) is 1. The molecule has 2 fully saturated rings. The van der Waals surface area contributed by atoms with E-state index in [4.69, 9.17) is 5.73 Å². The monoisotopic (exact) mass is 210 g/mol. The first-order chi connectivity index (χ1) is 7.16. The van der Waals surface area contributed by atoms with Crippen LogP contribution in [0.25, 0.3) is 0 Å². The van der Waals surface area contributed by atoms with Crippen molar-refractivity contribution in [2.45, 2.75) is 58.0 Å². The summed E-state index contributed by atoms with van der Waals surface area (Å²) in [6.45, 7) is 7.26. The predicted octanol–water partition coefficient (Wildman–Crippen LogP) is 2.23. The second-order valence-corrected chi connectivity index (χ2v) is 5.86. The molecule has 88 valence electrons. The zero-order valence-corrected chi connectivity index (χ0v) is 10.3. The Labute approximate surface area is 94.2 Å². The van der Waals surface area contributed by atoms with Gasteiger partial charge < -0.3 is 5.73 Å². The topological polar surface area (TPSA) is 29.3 Å². The standard InChI is InChI=1S/C13H26N2/c1-10-5-6-13(11(2)8-10)15-7-3-4-12(14)9-15/h10-13H,3-9,14H2,1-2H3. The van der Waals surface area contributed by atoms with Crippen molar-refractivity contribution >= 4 is 0 Å². The fourth-order valence-electron chi connectivity index (χ4n) is 3.53. The quantitative estimate of drug-likeness (QED) is 0.719. The summed E-state index contributed by atoms with van der Waals surface area (Å²) >= 11 is 0. The van der Waals surface area contributed by atoms with E-state index in [1.165, 1.54) is 38.6 Å². The smallest absolute Gasteiger partial charge is 0.0168 e. The van der Waals surface area contributed by atoms with Gasteiger partial charge in [-0.1, -0.05) is 13.8 Å². The lowest BCUT2D eigenvalue weighted by molar-refractivity contribution is 0.0698. The molecule has 0 amide bonds. The molecular weight excluding hydrogens is 184 g/mol. The van der Waals surface area contributed by atoms with E-state index < -0.39 is 0 Å². The van der Waals surface area contributed by atoms with Gasteiger partial charge in [-0.3, -0.25) is 4.90 Å². The fraction of sp³-hybridized carbons (Fsp3) is 1.00. The molecule has 0 aromatic heterocycles. The number of likely N-dealkylation sites (tertiary alicyclic amines) is 1. The van der Waals surface area contributed by atoms with E-state index in [1.54, 1.807) is 0 Å². The Kier molecular flexibility index (Phi) is 3.68. The minimum Gasteiger partial charge on any atom is -0.327 e. The summed E-state index contributed by atoms with van der Waals surface area (Å²) in [5.41, 5.74) is 6.06. The molecule has 15 heavy (non-hydrogen) atoms. The first-order valence-electron chi connectivity index (χ1n) is 6.66. The lowest BCUT2D eigenvalue weighted by atomic mass is 9.78. The van der Waals surface area contributed by atoms with E-state index >= 15 is 0 Å². The molecule has 2 rings (SSSR count). The van der Waals surface area contributed by atoms with Crippen LogP contribution in [-0.2, 0) is 0 Å². The van der Waals surface area contributed by atoms with Gasteiger partial charge in [-0.2, -0.15) is 0 Å². The third-order valence-corrected chi connectivity index (χ3v) is 4.34. The van der Waals surface area contributed by atoms with Gasteiger partial charge in [-0.25, -0.2) is 0 Å². The van der Waals surface area contributed by atoms with Gasteiger partial charge in [0.05, 0.1) is 0 Å². The zero-order chi connectivity index (χ0) is 10.8. The van der Waals surface area contributed by atoms with Crippen LogP contribution < -0.4 is 5.73 Å². The lowest BCUT2D eigenvalue weighted by Crippen LogP contribution is -2.51. The molecule has 1 aliphatic heterocycles. The molecule has 0 spiro atoms. The first kappa shape index (κ1) is 11.4. The predicted molar refractivity (Wildman–Crippen MR) is 64.7 cm³/mol. The summed E-state index contributed by atoms with van der Waals surface area (Å²) < 4.78 is 0. The summed E-state index contributed by atoms with van der Waals surface area (Å²) in [6.07, 6.45) is 6.76. The SMILES string of the molecule is CC1CCC(N2CCCC(N)C2)C(C)C1.